The maximum absolute atomic E-state index is 9.76. The second-order valence-electron chi connectivity index (χ2n) is 2.99. The summed E-state index contributed by atoms with van der Waals surface area (Å²) in [6.07, 6.45) is 1.34. The van der Waals surface area contributed by atoms with Crippen LogP contribution in [0.25, 0.3) is 0 Å². The van der Waals surface area contributed by atoms with Crippen molar-refractivity contribution in [2.75, 3.05) is 0 Å². The molecule has 0 heterocycles. The van der Waals surface area contributed by atoms with Crippen LogP contribution < -0.4 is 0 Å². The summed E-state index contributed by atoms with van der Waals surface area (Å²) in [4.78, 5) is 29.0. The summed E-state index contributed by atoms with van der Waals surface area (Å²) >= 11 is 0.613. The zero-order valence-corrected chi connectivity index (χ0v) is 12.3. The fourth-order valence-electron chi connectivity index (χ4n) is 0. The van der Waals surface area contributed by atoms with Gasteiger partial charge in [0.1, 0.15) is 0 Å². The van der Waals surface area contributed by atoms with Crippen LogP contribution in [-0.4, -0.2) is 53.1 Å². The fourth-order valence-corrected chi connectivity index (χ4v) is 0. The maximum atomic E-state index is 9.76. The average Bonchev–Trinajstić information content (AvgIpc) is 2.19. The van der Waals surface area contributed by atoms with Gasteiger partial charge in [-0.15, -0.1) is 0 Å². The van der Waals surface area contributed by atoms with E-state index in [2.05, 4.69) is 19.7 Å². The van der Waals surface area contributed by atoms with Crippen molar-refractivity contribution < 1.29 is 24.6 Å². The first-order valence-electron chi connectivity index (χ1n) is 4.46. The van der Waals surface area contributed by atoms with Crippen molar-refractivity contribution >= 4 is 42.9 Å². The van der Waals surface area contributed by atoms with Crippen LogP contribution in [0.5, 0.6) is 0 Å². The summed E-state index contributed by atoms with van der Waals surface area (Å²) in [6, 6.07) is 0. The molecule has 5 nitrogen and oxygen atoms in total. The van der Waals surface area contributed by atoms with Crippen LogP contribution in [0.1, 0.15) is 13.8 Å². The van der Waals surface area contributed by atoms with E-state index >= 15 is 0 Å². The second-order valence-corrected chi connectivity index (χ2v) is 3.97. The van der Waals surface area contributed by atoms with Crippen LogP contribution in [0.2, 0.25) is 0 Å². The molecule has 0 fully saturated rings. The minimum absolute atomic E-state index is 0.157. The van der Waals surface area contributed by atoms with Gasteiger partial charge >= 0.3 is 60.4 Å². The first-order chi connectivity index (χ1) is 7.56. The van der Waals surface area contributed by atoms with Crippen molar-refractivity contribution in [3.63, 3.8) is 0 Å². The molecule has 0 spiro atoms. The van der Waals surface area contributed by atoms with E-state index in [4.69, 9.17) is 10.2 Å². The van der Waals surface area contributed by atoms with Crippen molar-refractivity contribution in [2.45, 2.75) is 13.8 Å². The third-order valence-corrected chi connectivity index (χ3v) is 1.43. The van der Waals surface area contributed by atoms with Crippen molar-refractivity contribution in [2.24, 2.45) is 0 Å². The van der Waals surface area contributed by atoms with Crippen LogP contribution in [0.4, 0.5) is 0 Å². The van der Waals surface area contributed by atoms with Gasteiger partial charge < -0.3 is 10.2 Å². The standard InChI is InChI=1S/2C4H6O2.C3H3O.Na/c2*1-3(2)4(5)6;1-2-3-4;/h2*1H2,2H3,(H,5,6);2H,1H2;. The van der Waals surface area contributed by atoms with Gasteiger partial charge in [-0.3, -0.25) is 0 Å². The van der Waals surface area contributed by atoms with Gasteiger partial charge in [-0.2, -0.15) is 0 Å². The van der Waals surface area contributed by atoms with Crippen LogP contribution in [0, 0.1) is 0 Å². The Bertz CT molecular complexity index is 283. The van der Waals surface area contributed by atoms with Crippen LogP contribution in [0.3, 0.4) is 0 Å². The number of hydrogen-bond donors (Lipinski definition) is 2. The summed E-state index contributed by atoms with van der Waals surface area (Å²) in [5.41, 5.74) is 0.352. The Morgan fingerprint density at radius 1 is 1.00 bits per heavy atom. The van der Waals surface area contributed by atoms with Gasteiger partial charge in [-0.1, -0.05) is 13.2 Å². The molecule has 0 rings (SSSR count). The molecule has 0 saturated carbocycles. The van der Waals surface area contributed by atoms with E-state index in [1.165, 1.54) is 19.9 Å². The monoisotopic (exact) mass is 250 g/mol. The molecule has 0 aromatic carbocycles. The molecule has 0 aliphatic rings. The van der Waals surface area contributed by atoms with E-state index in [1.807, 2.05) is 0 Å². The van der Waals surface area contributed by atoms with E-state index < -0.39 is 11.9 Å². The van der Waals surface area contributed by atoms with Crippen LogP contribution in [-0.2, 0) is 14.4 Å². The molecule has 6 heteroatoms. The molecular weight excluding hydrogens is 235 g/mol. The Morgan fingerprint density at radius 3 is 1.12 bits per heavy atom. The molecule has 2 N–H and O–H groups in total. The zero-order chi connectivity index (χ0) is 14.6. The van der Waals surface area contributed by atoms with E-state index in [0.717, 1.165) is 0 Å². The Morgan fingerprint density at radius 2 is 1.12 bits per heavy atom. The number of carbonyl (C=O) groups is 3. The number of carbonyl (C=O) groups excluding carboxylic acids is 1. The van der Waals surface area contributed by atoms with Crippen molar-refractivity contribution in [3.05, 3.63) is 37.0 Å². The Kier molecular flexibility index (Phi) is 16.0. The Hall–Kier alpha value is -1.17. The van der Waals surface area contributed by atoms with Crippen molar-refractivity contribution in [3.8, 4) is 0 Å². The molecule has 0 saturated heterocycles. The molecule has 0 atom stereocenters. The zero-order valence-electron chi connectivity index (χ0n) is 10.3. The molecule has 0 aromatic rings. The van der Waals surface area contributed by atoms with E-state index in [9.17, 15) is 14.4 Å². The quantitative estimate of drug-likeness (QED) is 0.579. The van der Waals surface area contributed by atoms with Gasteiger partial charge in [0, 0.05) is 11.1 Å². The number of allylic oxidation sites excluding steroid dienone is 1. The number of carboxylic acids is 2. The van der Waals surface area contributed by atoms with Crippen molar-refractivity contribution in [1.82, 2.24) is 0 Å². The van der Waals surface area contributed by atoms with Gasteiger partial charge in [-0.05, 0) is 13.8 Å². The molecule has 0 radical (unpaired) electrons. The molecular formula is C11H15NaO5. The predicted molar refractivity (Wildman–Crippen MR) is 65.9 cm³/mol. The first kappa shape index (κ1) is 21.1. The SMILES string of the molecule is C=C(C)C(=O)O.C=C(C)C(=O)O.C=C[C](=O)[Na]. The van der Waals surface area contributed by atoms with E-state index in [-0.39, 0.29) is 14.2 Å². The topological polar surface area (TPSA) is 91.7 Å². The molecule has 0 aliphatic heterocycles. The van der Waals surface area contributed by atoms with Crippen molar-refractivity contribution in [1.29, 1.82) is 0 Å². The molecule has 90 valence electrons. The van der Waals surface area contributed by atoms with Gasteiger partial charge in [0.2, 0.25) is 0 Å². The van der Waals surface area contributed by atoms with Gasteiger partial charge in [-0.25, -0.2) is 9.59 Å². The van der Waals surface area contributed by atoms with Crippen LogP contribution in [0.15, 0.2) is 37.0 Å². The molecule has 0 unspecified atom stereocenters. The van der Waals surface area contributed by atoms with Gasteiger partial charge in [0.25, 0.3) is 0 Å². The first-order valence-corrected chi connectivity index (χ1v) is 5.46. The third-order valence-electron chi connectivity index (χ3n) is 1.02. The molecule has 0 aromatic heterocycles. The number of aliphatic carboxylic acids is 2. The van der Waals surface area contributed by atoms with E-state index in [0.29, 0.717) is 27.9 Å². The molecule has 0 amide bonds. The number of carboxylic acid groups (broad SMARTS) is 2. The summed E-state index contributed by atoms with van der Waals surface area (Å²) in [6.45, 7) is 12.4. The van der Waals surface area contributed by atoms with Gasteiger partial charge in [0.15, 0.2) is 0 Å². The minimum atomic E-state index is -0.935. The van der Waals surface area contributed by atoms with E-state index in [1.54, 1.807) is 0 Å². The normalized spacial score (nSPS) is 7.29. The predicted octanol–water partition coefficient (Wildman–Crippen LogP) is 1.16. The second kappa shape index (κ2) is 12.9. The summed E-state index contributed by atoms with van der Waals surface area (Å²) < 4.78 is 0.157. The summed E-state index contributed by atoms with van der Waals surface area (Å²) in [5, 5.41) is 15.8. The number of rotatable bonds is 3. The number of hydrogen-bond acceptors (Lipinski definition) is 3. The third kappa shape index (κ3) is 31.3. The summed E-state index contributed by atoms with van der Waals surface area (Å²) in [5.74, 6) is -1.87. The Labute approximate surface area is 118 Å². The average molecular weight is 250 g/mol. The van der Waals surface area contributed by atoms with Crippen LogP contribution >= 0.6 is 0 Å². The molecule has 0 bridgehead atoms. The van der Waals surface area contributed by atoms with Gasteiger partial charge in [0.05, 0.1) is 0 Å². The molecule has 0 aliphatic carbocycles. The summed E-state index contributed by atoms with van der Waals surface area (Å²) in [7, 11) is 0. The molecule has 17 heavy (non-hydrogen) atoms. The Balaban J connectivity index is -0.000000174. The fraction of sp³-hybridized carbons (Fsp3) is 0.182.